The van der Waals surface area contributed by atoms with Crippen molar-refractivity contribution >= 4 is 11.6 Å². The maximum Gasteiger partial charge on any atom is 0.268 e. The zero-order valence-corrected chi connectivity index (χ0v) is 10.1. The summed E-state index contributed by atoms with van der Waals surface area (Å²) in [5.41, 5.74) is 7.81. The first kappa shape index (κ1) is 12.4. The summed E-state index contributed by atoms with van der Waals surface area (Å²) < 4.78 is 1.86. The normalized spacial score (nSPS) is 10.5. The minimum absolute atomic E-state index is 0.117. The lowest BCUT2D eigenvalue weighted by Gasteiger charge is -2.12. The molecule has 0 aromatic carbocycles. The largest absolute Gasteiger partial charge is 0.397 e. The molecule has 0 radical (unpaired) electrons. The standard InChI is InChI=1S/C12H19N3O/c1-8(2)6-14-12(16)11-5-10(13)7-15(11)9(3)4/h5,7,9H,1,6,13H2,2-4H3,(H,14,16). The topological polar surface area (TPSA) is 60.1 Å². The quantitative estimate of drug-likeness (QED) is 0.763. The first-order valence-electron chi connectivity index (χ1n) is 5.31. The van der Waals surface area contributed by atoms with Crippen molar-refractivity contribution in [1.82, 2.24) is 9.88 Å². The molecule has 0 unspecified atom stereocenters. The van der Waals surface area contributed by atoms with Gasteiger partial charge in [0.15, 0.2) is 0 Å². The van der Waals surface area contributed by atoms with Crippen molar-refractivity contribution in [3.05, 3.63) is 30.1 Å². The van der Waals surface area contributed by atoms with Crippen LogP contribution in [0.3, 0.4) is 0 Å². The van der Waals surface area contributed by atoms with E-state index in [2.05, 4.69) is 11.9 Å². The van der Waals surface area contributed by atoms with E-state index in [1.54, 1.807) is 12.3 Å². The van der Waals surface area contributed by atoms with E-state index in [9.17, 15) is 4.79 Å². The molecule has 4 nitrogen and oxygen atoms in total. The van der Waals surface area contributed by atoms with Crippen LogP contribution in [-0.2, 0) is 0 Å². The zero-order valence-electron chi connectivity index (χ0n) is 10.1. The van der Waals surface area contributed by atoms with Crippen LogP contribution in [0, 0.1) is 0 Å². The molecule has 0 atom stereocenters. The number of amides is 1. The zero-order chi connectivity index (χ0) is 12.3. The molecule has 1 rings (SSSR count). The molecule has 1 aromatic heterocycles. The van der Waals surface area contributed by atoms with E-state index in [1.165, 1.54) is 0 Å². The summed E-state index contributed by atoms with van der Waals surface area (Å²) in [6.07, 6.45) is 1.78. The smallest absolute Gasteiger partial charge is 0.268 e. The van der Waals surface area contributed by atoms with Crippen molar-refractivity contribution in [1.29, 1.82) is 0 Å². The SMILES string of the molecule is C=C(C)CNC(=O)c1cc(N)cn1C(C)C. The third-order valence-corrected chi connectivity index (χ3v) is 2.21. The summed E-state index contributed by atoms with van der Waals surface area (Å²) in [5, 5.41) is 2.79. The van der Waals surface area contributed by atoms with Gasteiger partial charge in [0.2, 0.25) is 0 Å². The molecule has 16 heavy (non-hydrogen) atoms. The minimum atomic E-state index is -0.117. The molecule has 0 spiro atoms. The van der Waals surface area contributed by atoms with Gasteiger partial charge in [0.1, 0.15) is 5.69 Å². The van der Waals surface area contributed by atoms with E-state index in [-0.39, 0.29) is 11.9 Å². The Bertz CT molecular complexity index is 404. The van der Waals surface area contributed by atoms with E-state index < -0.39 is 0 Å². The van der Waals surface area contributed by atoms with Crippen LogP contribution in [0.2, 0.25) is 0 Å². The van der Waals surface area contributed by atoms with Gasteiger partial charge in [-0.25, -0.2) is 0 Å². The second-order valence-corrected chi connectivity index (χ2v) is 4.30. The van der Waals surface area contributed by atoms with Gasteiger partial charge in [-0.1, -0.05) is 12.2 Å². The number of hydrogen-bond donors (Lipinski definition) is 2. The van der Waals surface area contributed by atoms with Crippen LogP contribution >= 0.6 is 0 Å². The molecule has 3 N–H and O–H groups in total. The van der Waals surface area contributed by atoms with Gasteiger partial charge in [0.25, 0.3) is 5.91 Å². The number of carbonyl (C=O) groups is 1. The minimum Gasteiger partial charge on any atom is -0.397 e. The number of nitrogens with two attached hydrogens (primary N) is 1. The summed E-state index contributed by atoms with van der Waals surface area (Å²) in [5.74, 6) is -0.117. The predicted molar refractivity (Wildman–Crippen MR) is 66.4 cm³/mol. The number of anilines is 1. The number of carbonyl (C=O) groups excluding carboxylic acids is 1. The predicted octanol–water partition coefficient (Wildman–Crippen LogP) is 1.96. The van der Waals surface area contributed by atoms with E-state index in [4.69, 9.17) is 5.73 Å². The molecule has 0 fully saturated rings. The Labute approximate surface area is 96.1 Å². The number of nitrogen functional groups attached to an aromatic ring is 1. The van der Waals surface area contributed by atoms with E-state index in [1.807, 2.05) is 25.3 Å². The second-order valence-electron chi connectivity index (χ2n) is 4.30. The van der Waals surface area contributed by atoms with Crippen LogP contribution in [0.25, 0.3) is 0 Å². The molecule has 0 aliphatic carbocycles. The Hall–Kier alpha value is -1.71. The molecule has 0 aliphatic heterocycles. The molecule has 0 saturated carbocycles. The van der Waals surface area contributed by atoms with Crippen molar-refractivity contribution in [3.8, 4) is 0 Å². The molecule has 0 saturated heterocycles. The second kappa shape index (κ2) is 4.88. The average molecular weight is 221 g/mol. The molecule has 0 bridgehead atoms. The van der Waals surface area contributed by atoms with Gasteiger partial charge < -0.3 is 15.6 Å². The highest BCUT2D eigenvalue weighted by Gasteiger charge is 2.14. The first-order chi connectivity index (χ1) is 7.41. The van der Waals surface area contributed by atoms with Crippen molar-refractivity contribution in [2.24, 2.45) is 0 Å². The molecule has 4 heteroatoms. The molecular weight excluding hydrogens is 202 g/mol. The van der Waals surface area contributed by atoms with Gasteiger partial charge in [0, 0.05) is 18.8 Å². The van der Waals surface area contributed by atoms with Crippen LogP contribution < -0.4 is 11.1 Å². The summed E-state index contributed by atoms with van der Waals surface area (Å²) >= 11 is 0. The monoisotopic (exact) mass is 221 g/mol. The van der Waals surface area contributed by atoms with Crippen molar-refractivity contribution < 1.29 is 4.79 Å². The number of nitrogens with one attached hydrogen (secondary N) is 1. The fourth-order valence-corrected chi connectivity index (χ4v) is 1.43. The van der Waals surface area contributed by atoms with Crippen molar-refractivity contribution in [2.45, 2.75) is 26.8 Å². The Balaban J connectivity index is 2.86. The van der Waals surface area contributed by atoms with Crippen molar-refractivity contribution in [2.75, 3.05) is 12.3 Å². The molecule has 0 aliphatic rings. The number of nitrogens with zero attached hydrogens (tertiary/aromatic N) is 1. The molecule has 88 valence electrons. The van der Waals surface area contributed by atoms with Gasteiger partial charge in [-0.15, -0.1) is 0 Å². The molecule has 1 aromatic rings. The third kappa shape index (κ3) is 2.89. The highest BCUT2D eigenvalue weighted by atomic mass is 16.1. The average Bonchev–Trinajstić information content (AvgIpc) is 2.56. The fraction of sp³-hybridized carbons (Fsp3) is 0.417. The molecule has 1 heterocycles. The fourth-order valence-electron chi connectivity index (χ4n) is 1.43. The highest BCUT2D eigenvalue weighted by Crippen LogP contribution is 2.16. The summed E-state index contributed by atoms with van der Waals surface area (Å²) in [7, 11) is 0. The van der Waals surface area contributed by atoms with Gasteiger partial charge in [-0.3, -0.25) is 4.79 Å². The number of aromatic nitrogens is 1. The highest BCUT2D eigenvalue weighted by molar-refractivity contribution is 5.94. The maximum absolute atomic E-state index is 11.9. The first-order valence-corrected chi connectivity index (χ1v) is 5.31. The Morgan fingerprint density at radius 2 is 2.25 bits per heavy atom. The van der Waals surface area contributed by atoms with E-state index in [0.29, 0.717) is 17.9 Å². The van der Waals surface area contributed by atoms with Crippen LogP contribution in [-0.4, -0.2) is 17.0 Å². The lowest BCUT2D eigenvalue weighted by molar-refractivity contribution is 0.0946. The molecule has 1 amide bonds. The number of hydrogen-bond acceptors (Lipinski definition) is 2. The summed E-state index contributed by atoms with van der Waals surface area (Å²) in [4.78, 5) is 11.9. The van der Waals surface area contributed by atoms with Gasteiger partial charge in [0.05, 0.1) is 5.69 Å². The van der Waals surface area contributed by atoms with Crippen molar-refractivity contribution in [3.63, 3.8) is 0 Å². The Morgan fingerprint density at radius 3 is 2.75 bits per heavy atom. The lowest BCUT2D eigenvalue weighted by Crippen LogP contribution is -2.27. The van der Waals surface area contributed by atoms with Crippen LogP contribution in [0.5, 0.6) is 0 Å². The molecular formula is C12H19N3O. The van der Waals surface area contributed by atoms with Crippen LogP contribution in [0.1, 0.15) is 37.3 Å². The summed E-state index contributed by atoms with van der Waals surface area (Å²) in [6.45, 7) is 10.1. The van der Waals surface area contributed by atoms with Gasteiger partial charge in [-0.05, 0) is 26.8 Å². The van der Waals surface area contributed by atoms with Crippen LogP contribution in [0.15, 0.2) is 24.4 Å². The lowest BCUT2D eigenvalue weighted by atomic mass is 10.3. The third-order valence-electron chi connectivity index (χ3n) is 2.21. The Kier molecular flexibility index (Phi) is 3.77. The maximum atomic E-state index is 11.9. The van der Waals surface area contributed by atoms with E-state index >= 15 is 0 Å². The number of rotatable bonds is 4. The summed E-state index contributed by atoms with van der Waals surface area (Å²) in [6, 6.07) is 1.90. The van der Waals surface area contributed by atoms with Crippen LogP contribution in [0.4, 0.5) is 5.69 Å². The van der Waals surface area contributed by atoms with E-state index in [0.717, 1.165) is 5.57 Å². The Morgan fingerprint density at radius 1 is 1.62 bits per heavy atom. The van der Waals surface area contributed by atoms with Gasteiger partial charge in [-0.2, -0.15) is 0 Å². The van der Waals surface area contributed by atoms with Gasteiger partial charge >= 0.3 is 0 Å².